The molecule has 0 fully saturated rings. The van der Waals surface area contributed by atoms with Gasteiger partial charge in [-0.3, -0.25) is 9.36 Å². The van der Waals surface area contributed by atoms with Crippen LogP contribution in [0.15, 0.2) is 84.0 Å². The zero-order chi connectivity index (χ0) is 21.6. The topological polar surface area (TPSA) is 69.0 Å². The van der Waals surface area contributed by atoms with E-state index >= 15 is 0 Å². The minimum atomic E-state index is -0.353. The number of halogens is 1. The minimum Gasteiger partial charge on any atom is -0.497 e. The van der Waals surface area contributed by atoms with Crippen LogP contribution in [0, 0.1) is 5.82 Å². The van der Waals surface area contributed by atoms with Gasteiger partial charge in [0.25, 0.3) is 0 Å². The number of benzene rings is 3. The Hall–Kier alpha value is -3.65. The second-order valence-electron chi connectivity index (χ2n) is 6.55. The highest BCUT2D eigenvalue weighted by Crippen LogP contribution is 2.29. The van der Waals surface area contributed by atoms with Crippen LogP contribution in [-0.2, 0) is 4.79 Å². The lowest BCUT2D eigenvalue weighted by Crippen LogP contribution is -2.14. The second kappa shape index (κ2) is 9.44. The molecule has 4 aromatic rings. The van der Waals surface area contributed by atoms with Crippen molar-refractivity contribution in [1.29, 1.82) is 0 Å². The number of ether oxygens (including phenoxy) is 1. The minimum absolute atomic E-state index is 0.125. The lowest BCUT2D eigenvalue weighted by Gasteiger charge is -2.11. The SMILES string of the molecule is COc1ccc(-n2c(SCC(=O)Nc3ccc(F)cc3)nnc2-c2ccccc2)cc1. The summed E-state index contributed by atoms with van der Waals surface area (Å²) in [6.07, 6.45) is 0. The number of thioether (sulfide) groups is 1. The van der Waals surface area contributed by atoms with Crippen LogP contribution in [-0.4, -0.2) is 33.5 Å². The van der Waals surface area contributed by atoms with Gasteiger partial charge in [-0.1, -0.05) is 42.1 Å². The molecule has 4 rings (SSSR count). The molecule has 0 aliphatic heterocycles. The summed E-state index contributed by atoms with van der Waals surface area (Å²) in [6.45, 7) is 0. The summed E-state index contributed by atoms with van der Waals surface area (Å²) in [4.78, 5) is 12.4. The summed E-state index contributed by atoms with van der Waals surface area (Å²) in [5.74, 6) is 0.967. The van der Waals surface area contributed by atoms with Crippen molar-refractivity contribution in [3.05, 3.63) is 84.7 Å². The molecule has 0 aliphatic rings. The first-order valence-electron chi connectivity index (χ1n) is 9.47. The number of nitrogens with one attached hydrogen (secondary N) is 1. The third-order valence-corrected chi connectivity index (χ3v) is 5.39. The largest absolute Gasteiger partial charge is 0.497 e. The fourth-order valence-corrected chi connectivity index (χ4v) is 3.71. The maximum atomic E-state index is 13.0. The zero-order valence-electron chi connectivity index (χ0n) is 16.7. The number of rotatable bonds is 7. The molecule has 8 heteroatoms. The summed E-state index contributed by atoms with van der Waals surface area (Å²) in [5, 5.41) is 12.0. The molecule has 0 spiro atoms. The van der Waals surface area contributed by atoms with Crippen molar-refractivity contribution < 1.29 is 13.9 Å². The van der Waals surface area contributed by atoms with Gasteiger partial charge in [0, 0.05) is 16.9 Å². The fourth-order valence-electron chi connectivity index (χ4n) is 2.96. The van der Waals surface area contributed by atoms with Gasteiger partial charge in [0.05, 0.1) is 12.9 Å². The van der Waals surface area contributed by atoms with E-state index in [2.05, 4.69) is 15.5 Å². The van der Waals surface area contributed by atoms with Gasteiger partial charge in [-0.15, -0.1) is 10.2 Å². The van der Waals surface area contributed by atoms with E-state index in [9.17, 15) is 9.18 Å². The molecule has 1 N–H and O–H groups in total. The Balaban J connectivity index is 1.58. The van der Waals surface area contributed by atoms with Crippen LogP contribution in [0.5, 0.6) is 5.75 Å². The van der Waals surface area contributed by atoms with Crippen LogP contribution in [0.3, 0.4) is 0 Å². The van der Waals surface area contributed by atoms with Gasteiger partial charge < -0.3 is 10.1 Å². The Morgan fingerprint density at radius 1 is 1.00 bits per heavy atom. The lowest BCUT2D eigenvalue weighted by molar-refractivity contribution is -0.113. The van der Waals surface area contributed by atoms with Crippen molar-refractivity contribution in [2.24, 2.45) is 0 Å². The molecule has 0 bridgehead atoms. The number of nitrogens with zero attached hydrogens (tertiary/aromatic N) is 3. The molecule has 1 amide bonds. The molecule has 0 saturated heterocycles. The molecule has 0 radical (unpaired) electrons. The standard InChI is InChI=1S/C23H19FN4O2S/c1-30-20-13-11-19(12-14-20)28-22(16-5-3-2-4-6-16)26-27-23(28)31-15-21(29)25-18-9-7-17(24)8-10-18/h2-14H,15H2,1H3,(H,25,29). The average Bonchev–Trinajstić information content (AvgIpc) is 3.24. The van der Waals surface area contributed by atoms with Gasteiger partial charge in [-0.25, -0.2) is 4.39 Å². The van der Waals surface area contributed by atoms with E-state index < -0.39 is 0 Å². The second-order valence-corrected chi connectivity index (χ2v) is 7.49. The number of hydrogen-bond acceptors (Lipinski definition) is 5. The quantitative estimate of drug-likeness (QED) is 0.423. The van der Waals surface area contributed by atoms with E-state index in [4.69, 9.17) is 4.74 Å². The maximum Gasteiger partial charge on any atom is 0.234 e. The highest BCUT2D eigenvalue weighted by atomic mass is 32.2. The summed E-state index contributed by atoms with van der Waals surface area (Å²) >= 11 is 1.27. The van der Waals surface area contributed by atoms with E-state index in [1.165, 1.54) is 36.0 Å². The van der Waals surface area contributed by atoms with Gasteiger partial charge in [-0.2, -0.15) is 0 Å². The first kappa shape index (κ1) is 20.6. The number of carbonyl (C=O) groups excluding carboxylic acids is 1. The summed E-state index contributed by atoms with van der Waals surface area (Å²) in [7, 11) is 1.62. The Kier molecular flexibility index (Phi) is 6.28. The van der Waals surface area contributed by atoms with Gasteiger partial charge in [-0.05, 0) is 48.5 Å². The van der Waals surface area contributed by atoms with E-state index in [0.717, 1.165) is 17.0 Å². The summed E-state index contributed by atoms with van der Waals surface area (Å²) < 4.78 is 20.2. The highest BCUT2D eigenvalue weighted by molar-refractivity contribution is 7.99. The molecule has 156 valence electrons. The molecular formula is C23H19FN4O2S. The third kappa shape index (κ3) is 4.92. The average molecular weight is 434 g/mol. The molecular weight excluding hydrogens is 415 g/mol. The van der Waals surface area contributed by atoms with Gasteiger partial charge in [0.15, 0.2) is 11.0 Å². The van der Waals surface area contributed by atoms with Crippen molar-refractivity contribution in [2.75, 3.05) is 18.2 Å². The van der Waals surface area contributed by atoms with Crippen molar-refractivity contribution in [2.45, 2.75) is 5.16 Å². The van der Waals surface area contributed by atoms with Crippen LogP contribution < -0.4 is 10.1 Å². The fraction of sp³-hybridized carbons (Fsp3) is 0.0870. The van der Waals surface area contributed by atoms with Crippen LogP contribution in [0.1, 0.15) is 0 Å². The maximum absolute atomic E-state index is 13.0. The molecule has 0 unspecified atom stereocenters. The third-order valence-electron chi connectivity index (χ3n) is 4.46. The normalized spacial score (nSPS) is 10.6. The number of aromatic nitrogens is 3. The Labute approximate surface area is 183 Å². The lowest BCUT2D eigenvalue weighted by atomic mass is 10.2. The Morgan fingerprint density at radius 3 is 2.39 bits per heavy atom. The van der Waals surface area contributed by atoms with E-state index in [1.807, 2.05) is 59.2 Å². The predicted octanol–water partition coefficient (Wildman–Crippen LogP) is 4.81. The van der Waals surface area contributed by atoms with Gasteiger partial charge in [0.1, 0.15) is 11.6 Å². The molecule has 0 saturated carbocycles. The van der Waals surface area contributed by atoms with Crippen molar-refractivity contribution in [3.63, 3.8) is 0 Å². The first-order chi connectivity index (χ1) is 15.1. The van der Waals surface area contributed by atoms with Crippen molar-refractivity contribution in [3.8, 4) is 22.8 Å². The van der Waals surface area contributed by atoms with E-state index in [-0.39, 0.29) is 17.5 Å². The van der Waals surface area contributed by atoms with Crippen LogP contribution in [0.2, 0.25) is 0 Å². The molecule has 1 heterocycles. The number of carbonyl (C=O) groups is 1. The summed E-state index contributed by atoms with van der Waals surface area (Å²) in [5.41, 5.74) is 2.30. The van der Waals surface area contributed by atoms with Gasteiger partial charge >= 0.3 is 0 Å². The Morgan fingerprint density at radius 2 is 1.71 bits per heavy atom. The zero-order valence-corrected chi connectivity index (χ0v) is 17.5. The monoisotopic (exact) mass is 434 g/mol. The van der Waals surface area contributed by atoms with Crippen molar-refractivity contribution >= 4 is 23.4 Å². The van der Waals surface area contributed by atoms with E-state index in [1.54, 1.807) is 7.11 Å². The Bertz CT molecular complexity index is 1160. The van der Waals surface area contributed by atoms with Crippen LogP contribution >= 0.6 is 11.8 Å². The van der Waals surface area contributed by atoms with Crippen molar-refractivity contribution in [1.82, 2.24) is 14.8 Å². The number of amides is 1. The molecule has 1 aromatic heterocycles. The number of anilines is 1. The molecule has 3 aromatic carbocycles. The molecule has 31 heavy (non-hydrogen) atoms. The molecule has 0 atom stereocenters. The van der Waals surface area contributed by atoms with Gasteiger partial charge in [0.2, 0.25) is 5.91 Å². The number of hydrogen-bond donors (Lipinski definition) is 1. The van der Waals surface area contributed by atoms with Crippen LogP contribution in [0.25, 0.3) is 17.1 Å². The predicted molar refractivity (Wildman–Crippen MR) is 119 cm³/mol. The van der Waals surface area contributed by atoms with E-state index in [0.29, 0.717) is 16.7 Å². The molecule has 0 aliphatic carbocycles. The summed E-state index contributed by atoms with van der Waals surface area (Å²) in [6, 6.07) is 22.9. The molecule has 6 nitrogen and oxygen atoms in total. The van der Waals surface area contributed by atoms with Crippen LogP contribution in [0.4, 0.5) is 10.1 Å². The number of methoxy groups -OCH3 is 1. The smallest absolute Gasteiger partial charge is 0.234 e. The first-order valence-corrected chi connectivity index (χ1v) is 10.5. The highest BCUT2D eigenvalue weighted by Gasteiger charge is 2.17.